The molecule has 25 heavy (non-hydrogen) atoms. The lowest BCUT2D eigenvalue weighted by Crippen LogP contribution is -2.32. The second kappa shape index (κ2) is 8.46. The Morgan fingerprint density at radius 2 is 1.92 bits per heavy atom. The highest BCUT2D eigenvalue weighted by Crippen LogP contribution is 2.18. The van der Waals surface area contributed by atoms with E-state index in [4.69, 9.17) is 4.74 Å². The highest BCUT2D eigenvalue weighted by molar-refractivity contribution is 5.78. The van der Waals surface area contributed by atoms with Crippen LogP contribution in [0, 0.1) is 13.8 Å². The molecule has 0 bridgehead atoms. The molecule has 2 N–H and O–H groups in total. The maximum atomic E-state index is 12.0. The molecule has 1 amide bonds. The van der Waals surface area contributed by atoms with Crippen LogP contribution in [0.2, 0.25) is 0 Å². The van der Waals surface area contributed by atoms with E-state index in [1.165, 1.54) is 5.56 Å². The van der Waals surface area contributed by atoms with Crippen molar-refractivity contribution in [2.24, 2.45) is 0 Å². The normalized spacial score (nSPS) is 10.8. The molecule has 0 saturated carbocycles. The zero-order chi connectivity index (χ0) is 18.4. The Balaban J connectivity index is 1.78. The van der Waals surface area contributed by atoms with Crippen LogP contribution in [-0.4, -0.2) is 29.0 Å². The lowest BCUT2D eigenvalue weighted by molar-refractivity contribution is -0.120. The molecule has 6 heteroatoms. The fourth-order valence-corrected chi connectivity index (χ4v) is 2.49. The van der Waals surface area contributed by atoms with E-state index in [0.29, 0.717) is 36.2 Å². The SMILES string of the molecule is Cc1nc(C)c(CC(=O)NCCOc2ccc(C(C)C)cc2)c(=O)[nH]1. The molecule has 1 heterocycles. The Bertz CT molecular complexity index is 779. The van der Waals surface area contributed by atoms with Crippen LogP contribution in [0.25, 0.3) is 0 Å². The highest BCUT2D eigenvalue weighted by atomic mass is 16.5. The quantitative estimate of drug-likeness (QED) is 0.755. The van der Waals surface area contributed by atoms with Crippen molar-refractivity contribution in [3.8, 4) is 5.75 Å². The standard InChI is InChI=1S/C19H25N3O3/c1-12(2)15-5-7-16(8-6-15)25-10-9-20-18(23)11-17-13(3)21-14(4)22-19(17)24/h5-8,12H,9-11H2,1-4H3,(H,20,23)(H,21,22,24). The van der Waals surface area contributed by atoms with E-state index >= 15 is 0 Å². The highest BCUT2D eigenvalue weighted by Gasteiger charge is 2.11. The van der Waals surface area contributed by atoms with Gasteiger partial charge in [-0.15, -0.1) is 0 Å². The van der Waals surface area contributed by atoms with E-state index in [2.05, 4.69) is 29.1 Å². The molecule has 1 aromatic carbocycles. The largest absolute Gasteiger partial charge is 0.492 e. The zero-order valence-electron chi connectivity index (χ0n) is 15.2. The van der Waals surface area contributed by atoms with Gasteiger partial charge in [0, 0.05) is 11.3 Å². The molecule has 0 atom stereocenters. The Labute approximate surface area is 147 Å². The smallest absolute Gasteiger partial charge is 0.254 e. The van der Waals surface area contributed by atoms with Crippen LogP contribution in [0.3, 0.4) is 0 Å². The molecule has 2 aromatic rings. The van der Waals surface area contributed by atoms with Crippen LogP contribution in [0.1, 0.15) is 42.4 Å². The van der Waals surface area contributed by atoms with Crippen molar-refractivity contribution in [2.75, 3.05) is 13.2 Å². The number of nitrogens with zero attached hydrogens (tertiary/aromatic N) is 1. The monoisotopic (exact) mass is 343 g/mol. The predicted molar refractivity (Wildman–Crippen MR) is 97.1 cm³/mol. The molecule has 1 aromatic heterocycles. The first-order valence-corrected chi connectivity index (χ1v) is 8.42. The predicted octanol–water partition coefficient (Wildman–Crippen LogP) is 2.25. The van der Waals surface area contributed by atoms with E-state index in [9.17, 15) is 9.59 Å². The number of rotatable bonds is 7. The molecular formula is C19H25N3O3. The van der Waals surface area contributed by atoms with Crippen molar-refractivity contribution in [2.45, 2.75) is 40.0 Å². The Morgan fingerprint density at radius 1 is 1.24 bits per heavy atom. The number of nitrogens with one attached hydrogen (secondary N) is 2. The van der Waals surface area contributed by atoms with E-state index < -0.39 is 0 Å². The molecule has 0 aliphatic carbocycles. The number of H-pyrrole nitrogens is 1. The van der Waals surface area contributed by atoms with Crippen molar-refractivity contribution < 1.29 is 9.53 Å². The summed E-state index contributed by atoms with van der Waals surface area (Å²) in [5.74, 6) is 1.58. The Hall–Kier alpha value is -2.63. The van der Waals surface area contributed by atoms with Gasteiger partial charge in [-0.1, -0.05) is 26.0 Å². The topological polar surface area (TPSA) is 84.1 Å². The van der Waals surface area contributed by atoms with E-state index in [0.717, 1.165) is 5.75 Å². The molecule has 0 aliphatic rings. The van der Waals surface area contributed by atoms with Gasteiger partial charge in [-0.3, -0.25) is 9.59 Å². The number of carbonyl (C=O) groups is 1. The number of aryl methyl sites for hydroxylation is 2. The fourth-order valence-electron chi connectivity index (χ4n) is 2.49. The van der Waals surface area contributed by atoms with Gasteiger partial charge in [0.2, 0.25) is 5.91 Å². The van der Waals surface area contributed by atoms with Gasteiger partial charge in [-0.25, -0.2) is 4.98 Å². The van der Waals surface area contributed by atoms with Gasteiger partial charge >= 0.3 is 0 Å². The summed E-state index contributed by atoms with van der Waals surface area (Å²) in [6.45, 7) is 8.47. The molecule has 6 nitrogen and oxygen atoms in total. The Morgan fingerprint density at radius 3 is 2.52 bits per heavy atom. The third-order valence-electron chi connectivity index (χ3n) is 3.92. The van der Waals surface area contributed by atoms with Crippen molar-refractivity contribution in [1.82, 2.24) is 15.3 Å². The van der Waals surface area contributed by atoms with E-state index in [1.807, 2.05) is 24.3 Å². The molecule has 0 fully saturated rings. The van der Waals surface area contributed by atoms with Gasteiger partial charge in [0.15, 0.2) is 0 Å². The van der Waals surface area contributed by atoms with Gasteiger partial charge < -0.3 is 15.0 Å². The van der Waals surface area contributed by atoms with Gasteiger partial charge in [-0.2, -0.15) is 0 Å². The summed E-state index contributed by atoms with van der Waals surface area (Å²) >= 11 is 0. The zero-order valence-corrected chi connectivity index (χ0v) is 15.2. The number of hydrogen-bond acceptors (Lipinski definition) is 4. The summed E-state index contributed by atoms with van der Waals surface area (Å²) in [6, 6.07) is 7.94. The minimum absolute atomic E-state index is 0.0114. The average Bonchev–Trinajstić information content (AvgIpc) is 2.55. The first-order chi connectivity index (χ1) is 11.9. The molecule has 0 spiro atoms. The van der Waals surface area contributed by atoms with E-state index in [1.54, 1.807) is 13.8 Å². The molecule has 0 saturated heterocycles. The number of amides is 1. The van der Waals surface area contributed by atoms with Crippen molar-refractivity contribution in [3.05, 3.63) is 57.3 Å². The summed E-state index contributed by atoms with van der Waals surface area (Å²) in [5.41, 5.74) is 1.97. The number of carbonyl (C=O) groups excluding carboxylic acids is 1. The van der Waals surface area contributed by atoms with Crippen LogP contribution in [0.4, 0.5) is 0 Å². The second-order valence-corrected chi connectivity index (χ2v) is 6.31. The fraction of sp³-hybridized carbons (Fsp3) is 0.421. The number of hydrogen-bond donors (Lipinski definition) is 2. The molecule has 0 aliphatic heterocycles. The van der Waals surface area contributed by atoms with Crippen molar-refractivity contribution >= 4 is 5.91 Å². The average molecular weight is 343 g/mol. The first-order valence-electron chi connectivity index (χ1n) is 8.42. The molecule has 2 rings (SSSR count). The summed E-state index contributed by atoms with van der Waals surface area (Å²) < 4.78 is 5.61. The molecule has 0 unspecified atom stereocenters. The maximum absolute atomic E-state index is 12.0. The van der Waals surface area contributed by atoms with Crippen LogP contribution in [-0.2, 0) is 11.2 Å². The van der Waals surface area contributed by atoms with Gasteiger partial charge in [-0.05, 0) is 37.5 Å². The molecule has 0 radical (unpaired) electrons. The minimum atomic E-state index is -0.262. The van der Waals surface area contributed by atoms with Crippen LogP contribution in [0.5, 0.6) is 5.75 Å². The van der Waals surface area contributed by atoms with Crippen LogP contribution >= 0.6 is 0 Å². The number of aromatic nitrogens is 2. The number of benzene rings is 1. The van der Waals surface area contributed by atoms with Crippen LogP contribution < -0.4 is 15.6 Å². The van der Waals surface area contributed by atoms with E-state index in [-0.39, 0.29) is 17.9 Å². The lowest BCUT2D eigenvalue weighted by atomic mass is 10.0. The minimum Gasteiger partial charge on any atom is -0.492 e. The molecular weight excluding hydrogens is 318 g/mol. The van der Waals surface area contributed by atoms with Crippen molar-refractivity contribution in [1.29, 1.82) is 0 Å². The Kier molecular flexibility index (Phi) is 6.33. The third kappa shape index (κ3) is 5.45. The van der Waals surface area contributed by atoms with Gasteiger partial charge in [0.1, 0.15) is 18.2 Å². The second-order valence-electron chi connectivity index (χ2n) is 6.31. The first kappa shape index (κ1) is 18.7. The maximum Gasteiger partial charge on any atom is 0.254 e. The third-order valence-corrected chi connectivity index (χ3v) is 3.92. The van der Waals surface area contributed by atoms with Crippen molar-refractivity contribution in [3.63, 3.8) is 0 Å². The molecule has 134 valence electrons. The number of aromatic amines is 1. The number of ether oxygens (including phenoxy) is 1. The van der Waals surface area contributed by atoms with Crippen LogP contribution in [0.15, 0.2) is 29.1 Å². The summed E-state index contributed by atoms with van der Waals surface area (Å²) in [6.07, 6.45) is 0.0114. The van der Waals surface area contributed by atoms with Gasteiger partial charge in [0.05, 0.1) is 13.0 Å². The van der Waals surface area contributed by atoms with Gasteiger partial charge in [0.25, 0.3) is 5.56 Å². The lowest BCUT2D eigenvalue weighted by Gasteiger charge is -2.10. The summed E-state index contributed by atoms with van der Waals surface area (Å²) in [7, 11) is 0. The summed E-state index contributed by atoms with van der Waals surface area (Å²) in [4.78, 5) is 30.7. The summed E-state index contributed by atoms with van der Waals surface area (Å²) in [5, 5.41) is 2.76.